The second-order valence-electron chi connectivity index (χ2n) is 3.46. The van der Waals surface area contributed by atoms with Gasteiger partial charge in [-0.05, 0) is 12.8 Å². The standard InChI is InChI=1S/C9H14N2O3/c1-6(13)11-8(5-12)4-7-2-3-10-9(7)14/h5,7-8H,2-4H2,1H3,(H,10,14)(H,11,13)/t7?,8-/m0/s1. The van der Waals surface area contributed by atoms with E-state index in [-0.39, 0.29) is 17.7 Å². The van der Waals surface area contributed by atoms with E-state index in [1.54, 1.807) is 0 Å². The van der Waals surface area contributed by atoms with Crippen LogP contribution in [-0.2, 0) is 14.4 Å². The Kier molecular flexibility index (Phi) is 3.62. The summed E-state index contributed by atoms with van der Waals surface area (Å²) in [5.74, 6) is -0.417. The summed E-state index contributed by atoms with van der Waals surface area (Å²) >= 11 is 0. The van der Waals surface area contributed by atoms with Crippen molar-refractivity contribution in [1.29, 1.82) is 0 Å². The van der Waals surface area contributed by atoms with E-state index in [1.807, 2.05) is 0 Å². The van der Waals surface area contributed by atoms with Gasteiger partial charge in [-0.15, -0.1) is 0 Å². The summed E-state index contributed by atoms with van der Waals surface area (Å²) in [5.41, 5.74) is 0. The topological polar surface area (TPSA) is 75.3 Å². The zero-order chi connectivity index (χ0) is 10.6. The van der Waals surface area contributed by atoms with Crippen LogP contribution in [0.25, 0.3) is 0 Å². The number of amides is 2. The molecule has 0 spiro atoms. The summed E-state index contributed by atoms with van der Waals surface area (Å²) in [6.07, 6.45) is 1.81. The fraction of sp³-hybridized carbons (Fsp3) is 0.667. The monoisotopic (exact) mass is 198 g/mol. The van der Waals surface area contributed by atoms with Crippen LogP contribution in [0.4, 0.5) is 0 Å². The number of rotatable bonds is 4. The van der Waals surface area contributed by atoms with Gasteiger partial charge >= 0.3 is 0 Å². The maximum Gasteiger partial charge on any atom is 0.223 e. The Morgan fingerprint density at radius 3 is 2.93 bits per heavy atom. The predicted molar refractivity (Wildman–Crippen MR) is 49.4 cm³/mol. The summed E-state index contributed by atoms with van der Waals surface area (Å²) in [6, 6.07) is -0.540. The fourth-order valence-electron chi connectivity index (χ4n) is 1.59. The molecule has 0 bridgehead atoms. The molecule has 1 rings (SSSR count). The lowest BCUT2D eigenvalue weighted by Crippen LogP contribution is -2.37. The van der Waals surface area contributed by atoms with Crippen LogP contribution in [0, 0.1) is 5.92 Å². The van der Waals surface area contributed by atoms with Crippen molar-refractivity contribution in [1.82, 2.24) is 10.6 Å². The number of carbonyl (C=O) groups excluding carboxylic acids is 3. The molecule has 0 aromatic heterocycles. The van der Waals surface area contributed by atoms with Crippen molar-refractivity contribution in [3.8, 4) is 0 Å². The van der Waals surface area contributed by atoms with Gasteiger partial charge < -0.3 is 15.4 Å². The van der Waals surface area contributed by atoms with E-state index in [1.165, 1.54) is 6.92 Å². The molecule has 2 amide bonds. The van der Waals surface area contributed by atoms with Crippen molar-refractivity contribution in [2.24, 2.45) is 5.92 Å². The number of aldehydes is 1. The zero-order valence-electron chi connectivity index (χ0n) is 8.08. The molecular weight excluding hydrogens is 184 g/mol. The van der Waals surface area contributed by atoms with Gasteiger partial charge in [-0.1, -0.05) is 0 Å². The molecule has 78 valence electrons. The highest BCUT2D eigenvalue weighted by atomic mass is 16.2. The Morgan fingerprint density at radius 1 is 1.79 bits per heavy atom. The lowest BCUT2D eigenvalue weighted by atomic mass is 9.99. The van der Waals surface area contributed by atoms with Gasteiger partial charge in [-0.25, -0.2) is 0 Å². The number of hydrogen-bond donors (Lipinski definition) is 2. The van der Waals surface area contributed by atoms with Crippen LogP contribution >= 0.6 is 0 Å². The predicted octanol–water partition coefficient (Wildman–Crippen LogP) is -0.784. The highest BCUT2D eigenvalue weighted by Crippen LogP contribution is 2.15. The maximum absolute atomic E-state index is 11.2. The molecule has 0 saturated carbocycles. The molecule has 1 heterocycles. The lowest BCUT2D eigenvalue weighted by molar-refractivity contribution is -0.125. The quantitative estimate of drug-likeness (QED) is 0.582. The van der Waals surface area contributed by atoms with Gasteiger partial charge in [0.05, 0.1) is 6.04 Å². The summed E-state index contributed by atoms with van der Waals surface area (Å²) in [4.78, 5) is 32.5. The normalized spacial score (nSPS) is 22.6. The molecule has 0 radical (unpaired) electrons. The van der Waals surface area contributed by atoms with Crippen LogP contribution in [0.1, 0.15) is 19.8 Å². The lowest BCUT2D eigenvalue weighted by Gasteiger charge is -2.13. The molecule has 14 heavy (non-hydrogen) atoms. The Morgan fingerprint density at radius 2 is 2.50 bits per heavy atom. The van der Waals surface area contributed by atoms with Gasteiger partial charge in [0, 0.05) is 19.4 Å². The Hall–Kier alpha value is -1.39. The SMILES string of the molecule is CC(=O)N[C@H](C=O)CC1CCNC1=O. The Bertz CT molecular complexity index is 252. The molecule has 1 aliphatic heterocycles. The van der Waals surface area contributed by atoms with Gasteiger partial charge in [0.1, 0.15) is 6.29 Å². The number of nitrogens with one attached hydrogen (secondary N) is 2. The van der Waals surface area contributed by atoms with E-state index < -0.39 is 6.04 Å². The third-order valence-corrected chi connectivity index (χ3v) is 2.25. The molecule has 1 saturated heterocycles. The summed E-state index contributed by atoms with van der Waals surface area (Å²) in [7, 11) is 0. The summed E-state index contributed by atoms with van der Waals surface area (Å²) in [5, 5.41) is 5.17. The van der Waals surface area contributed by atoms with Crippen LogP contribution < -0.4 is 10.6 Å². The molecule has 5 nitrogen and oxygen atoms in total. The maximum atomic E-state index is 11.2. The van der Waals surface area contributed by atoms with Crippen LogP contribution in [0.5, 0.6) is 0 Å². The van der Waals surface area contributed by atoms with E-state index in [0.717, 1.165) is 6.42 Å². The minimum Gasteiger partial charge on any atom is -0.356 e. The van der Waals surface area contributed by atoms with Crippen molar-refractivity contribution >= 4 is 18.1 Å². The van der Waals surface area contributed by atoms with E-state index in [2.05, 4.69) is 10.6 Å². The average molecular weight is 198 g/mol. The van der Waals surface area contributed by atoms with Crippen LogP contribution in [0.15, 0.2) is 0 Å². The molecule has 1 fully saturated rings. The molecule has 1 aliphatic rings. The van der Waals surface area contributed by atoms with Crippen molar-refractivity contribution < 1.29 is 14.4 Å². The molecular formula is C9H14N2O3. The van der Waals surface area contributed by atoms with Gasteiger partial charge in [0.15, 0.2) is 0 Å². The first-order valence-electron chi connectivity index (χ1n) is 4.63. The summed E-state index contributed by atoms with van der Waals surface area (Å²) in [6.45, 7) is 2.01. The van der Waals surface area contributed by atoms with Crippen molar-refractivity contribution in [3.63, 3.8) is 0 Å². The molecule has 1 unspecified atom stereocenters. The molecule has 0 aromatic rings. The highest BCUT2D eigenvalue weighted by Gasteiger charge is 2.27. The van der Waals surface area contributed by atoms with Crippen LogP contribution in [-0.4, -0.2) is 30.7 Å². The Labute approximate surface area is 82.2 Å². The van der Waals surface area contributed by atoms with Gasteiger partial charge in [-0.3, -0.25) is 9.59 Å². The molecule has 0 aromatic carbocycles. The van der Waals surface area contributed by atoms with E-state index in [4.69, 9.17) is 0 Å². The third kappa shape index (κ3) is 2.83. The van der Waals surface area contributed by atoms with Crippen molar-refractivity contribution in [2.45, 2.75) is 25.8 Å². The second kappa shape index (κ2) is 4.74. The van der Waals surface area contributed by atoms with Gasteiger partial charge in [0.25, 0.3) is 0 Å². The van der Waals surface area contributed by atoms with E-state index >= 15 is 0 Å². The molecule has 2 atom stereocenters. The fourth-order valence-corrected chi connectivity index (χ4v) is 1.59. The van der Waals surface area contributed by atoms with E-state index in [9.17, 15) is 14.4 Å². The van der Waals surface area contributed by atoms with Crippen molar-refractivity contribution in [2.75, 3.05) is 6.54 Å². The van der Waals surface area contributed by atoms with Crippen LogP contribution in [0.3, 0.4) is 0 Å². The van der Waals surface area contributed by atoms with Crippen molar-refractivity contribution in [3.05, 3.63) is 0 Å². The third-order valence-electron chi connectivity index (χ3n) is 2.25. The first-order chi connectivity index (χ1) is 6.63. The van der Waals surface area contributed by atoms with Gasteiger partial charge in [0.2, 0.25) is 11.8 Å². The smallest absolute Gasteiger partial charge is 0.223 e. The first-order valence-corrected chi connectivity index (χ1v) is 4.63. The second-order valence-corrected chi connectivity index (χ2v) is 3.46. The zero-order valence-corrected chi connectivity index (χ0v) is 8.08. The van der Waals surface area contributed by atoms with E-state index in [0.29, 0.717) is 19.3 Å². The largest absolute Gasteiger partial charge is 0.356 e. The molecule has 2 N–H and O–H groups in total. The average Bonchev–Trinajstić information content (AvgIpc) is 2.50. The Balaban J connectivity index is 2.43. The highest BCUT2D eigenvalue weighted by molar-refractivity contribution is 5.82. The summed E-state index contributed by atoms with van der Waals surface area (Å²) < 4.78 is 0. The first kappa shape index (κ1) is 10.7. The number of carbonyl (C=O) groups is 3. The minimum atomic E-state index is -0.540. The minimum absolute atomic E-state index is 0.0257. The molecule has 0 aliphatic carbocycles. The number of hydrogen-bond acceptors (Lipinski definition) is 3. The van der Waals surface area contributed by atoms with Gasteiger partial charge in [-0.2, -0.15) is 0 Å². The van der Waals surface area contributed by atoms with Crippen LogP contribution in [0.2, 0.25) is 0 Å². The molecule has 5 heteroatoms.